The van der Waals surface area contributed by atoms with Crippen LogP contribution in [-0.4, -0.2) is 32.1 Å². The number of nitrogens with zero attached hydrogens (tertiary/aromatic N) is 2. The second-order valence-corrected chi connectivity index (χ2v) is 5.05. The zero-order valence-corrected chi connectivity index (χ0v) is 10.8. The van der Waals surface area contributed by atoms with Crippen LogP contribution < -0.4 is 5.32 Å². The highest BCUT2D eigenvalue weighted by atomic mass is 19.1. The summed E-state index contributed by atoms with van der Waals surface area (Å²) in [4.78, 5) is 2.07. The third-order valence-electron chi connectivity index (χ3n) is 3.47. The van der Waals surface area contributed by atoms with E-state index in [1.165, 1.54) is 6.07 Å². The first-order valence-electron chi connectivity index (χ1n) is 6.17. The Labute approximate surface area is 107 Å². The number of nitriles is 1. The van der Waals surface area contributed by atoms with Crippen molar-refractivity contribution in [1.29, 1.82) is 5.26 Å². The molecule has 0 amide bonds. The highest BCUT2D eigenvalue weighted by Gasteiger charge is 2.38. The number of fused-ring (bicyclic) bond motifs is 1. The summed E-state index contributed by atoms with van der Waals surface area (Å²) in [5.41, 5.74) is 1.25. The molecule has 0 aromatic heterocycles. The van der Waals surface area contributed by atoms with Crippen LogP contribution in [0.4, 0.5) is 4.39 Å². The van der Waals surface area contributed by atoms with Gasteiger partial charge < -0.3 is 4.90 Å². The molecule has 18 heavy (non-hydrogen) atoms. The van der Waals surface area contributed by atoms with Gasteiger partial charge in [0.25, 0.3) is 0 Å². The molecule has 1 aromatic rings. The Morgan fingerprint density at radius 3 is 2.94 bits per heavy atom. The van der Waals surface area contributed by atoms with Crippen molar-refractivity contribution in [3.8, 4) is 6.07 Å². The smallest absolute Gasteiger partial charge is 0.132 e. The van der Waals surface area contributed by atoms with Gasteiger partial charge in [0, 0.05) is 13.1 Å². The van der Waals surface area contributed by atoms with Gasteiger partial charge in [-0.15, -0.1) is 0 Å². The maximum absolute atomic E-state index is 13.2. The average molecular weight is 247 g/mol. The molecule has 1 atom stereocenters. The van der Waals surface area contributed by atoms with Crippen molar-refractivity contribution >= 4 is 0 Å². The lowest BCUT2D eigenvalue weighted by Gasteiger charge is -2.25. The van der Waals surface area contributed by atoms with Gasteiger partial charge in [-0.3, -0.25) is 5.32 Å². The Balaban J connectivity index is 2.19. The van der Waals surface area contributed by atoms with Crippen LogP contribution in [0.3, 0.4) is 0 Å². The molecule has 0 bridgehead atoms. The fourth-order valence-corrected chi connectivity index (χ4v) is 2.47. The quantitative estimate of drug-likeness (QED) is 0.879. The predicted octanol–water partition coefficient (Wildman–Crippen LogP) is 1.64. The number of hydrogen-bond donors (Lipinski definition) is 1. The number of benzene rings is 1. The van der Waals surface area contributed by atoms with Gasteiger partial charge in [-0.2, -0.15) is 5.26 Å². The number of aryl methyl sites for hydroxylation is 1. The molecule has 1 N–H and O–H groups in total. The average Bonchev–Trinajstić information content (AvgIpc) is 2.68. The Bertz CT molecular complexity index is 478. The van der Waals surface area contributed by atoms with E-state index in [1.54, 1.807) is 12.1 Å². The Morgan fingerprint density at radius 2 is 2.28 bits per heavy atom. The summed E-state index contributed by atoms with van der Waals surface area (Å²) in [6.07, 6.45) is 1.48. The summed E-state index contributed by atoms with van der Waals surface area (Å²) in [6, 6.07) is 7.09. The molecule has 1 aliphatic carbocycles. The van der Waals surface area contributed by atoms with Crippen LogP contribution in [0.15, 0.2) is 18.2 Å². The second-order valence-electron chi connectivity index (χ2n) is 5.05. The molecular formula is C14H18FN3. The summed E-state index contributed by atoms with van der Waals surface area (Å²) in [5, 5.41) is 12.8. The molecule has 1 aromatic carbocycles. The Kier molecular flexibility index (Phi) is 3.65. The first-order chi connectivity index (χ1) is 8.57. The van der Waals surface area contributed by atoms with Crippen molar-refractivity contribution in [2.24, 2.45) is 0 Å². The van der Waals surface area contributed by atoms with Crippen molar-refractivity contribution in [1.82, 2.24) is 10.2 Å². The molecule has 0 heterocycles. The van der Waals surface area contributed by atoms with Crippen LogP contribution in [0.1, 0.15) is 17.5 Å². The van der Waals surface area contributed by atoms with Gasteiger partial charge in [0.05, 0.1) is 6.07 Å². The molecule has 0 fully saturated rings. The molecule has 2 rings (SSSR count). The normalized spacial score (nSPS) is 21.9. The minimum Gasteiger partial charge on any atom is -0.308 e. The standard InChI is InChI=1S/C14H18FN3/c1-18(2)8-7-17-14(10-16)6-5-11-9-12(15)3-4-13(11)14/h3-4,9,17H,5-8H2,1-2H3. The molecule has 4 heteroatoms. The lowest BCUT2D eigenvalue weighted by atomic mass is 9.93. The van der Waals surface area contributed by atoms with E-state index < -0.39 is 5.54 Å². The molecule has 0 spiro atoms. The van der Waals surface area contributed by atoms with Gasteiger partial charge in [0.15, 0.2) is 0 Å². The molecule has 0 radical (unpaired) electrons. The minimum atomic E-state index is -0.640. The number of likely N-dealkylation sites (N-methyl/N-ethyl adjacent to an activating group) is 1. The number of nitrogens with one attached hydrogen (secondary N) is 1. The van der Waals surface area contributed by atoms with E-state index in [0.29, 0.717) is 0 Å². The van der Waals surface area contributed by atoms with Crippen LogP contribution in [0.25, 0.3) is 0 Å². The Hall–Kier alpha value is -1.44. The van der Waals surface area contributed by atoms with Crippen LogP contribution in [0, 0.1) is 17.1 Å². The lowest BCUT2D eigenvalue weighted by molar-refractivity contribution is 0.354. The SMILES string of the molecule is CN(C)CCNC1(C#N)CCc2cc(F)ccc21. The van der Waals surface area contributed by atoms with Gasteiger partial charge in [-0.1, -0.05) is 6.07 Å². The predicted molar refractivity (Wildman–Crippen MR) is 68.6 cm³/mol. The second kappa shape index (κ2) is 5.05. The largest absolute Gasteiger partial charge is 0.308 e. The molecule has 3 nitrogen and oxygen atoms in total. The fraction of sp³-hybridized carbons (Fsp3) is 0.500. The zero-order valence-electron chi connectivity index (χ0n) is 10.8. The molecular weight excluding hydrogens is 229 g/mol. The topological polar surface area (TPSA) is 39.1 Å². The van der Waals surface area contributed by atoms with E-state index in [-0.39, 0.29) is 5.82 Å². The van der Waals surface area contributed by atoms with Crippen molar-refractivity contribution in [3.63, 3.8) is 0 Å². The van der Waals surface area contributed by atoms with E-state index in [1.807, 2.05) is 14.1 Å². The van der Waals surface area contributed by atoms with Gasteiger partial charge in [0.1, 0.15) is 11.4 Å². The first-order valence-corrected chi connectivity index (χ1v) is 6.17. The minimum absolute atomic E-state index is 0.226. The molecule has 96 valence electrons. The Morgan fingerprint density at radius 1 is 1.50 bits per heavy atom. The fourth-order valence-electron chi connectivity index (χ4n) is 2.47. The van der Waals surface area contributed by atoms with Crippen LogP contribution in [-0.2, 0) is 12.0 Å². The third-order valence-corrected chi connectivity index (χ3v) is 3.47. The van der Waals surface area contributed by atoms with Crippen molar-refractivity contribution in [3.05, 3.63) is 35.1 Å². The molecule has 0 aliphatic heterocycles. The maximum Gasteiger partial charge on any atom is 0.132 e. The summed E-state index contributed by atoms with van der Waals surface area (Å²) in [7, 11) is 4.00. The number of halogens is 1. The highest BCUT2D eigenvalue weighted by molar-refractivity contribution is 5.43. The van der Waals surface area contributed by atoms with Crippen molar-refractivity contribution in [2.45, 2.75) is 18.4 Å². The van der Waals surface area contributed by atoms with Crippen LogP contribution >= 0.6 is 0 Å². The van der Waals surface area contributed by atoms with Gasteiger partial charge in [0.2, 0.25) is 0 Å². The molecule has 0 saturated carbocycles. The number of hydrogen-bond acceptors (Lipinski definition) is 3. The molecule has 1 aliphatic rings. The van der Waals surface area contributed by atoms with E-state index >= 15 is 0 Å². The highest BCUT2D eigenvalue weighted by Crippen LogP contribution is 2.36. The summed E-state index contributed by atoms with van der Waals surface area (Å²) < 4.78 is 13.2. The first kappa shape index (κ1) is 13.0. The van der Waals surface area contributed by atoms with Crippen LogP contribution in [0.5, 0.6) is 0 Å². The third kappa shape index (κ3) is 2.38. The monoisotopic (exact) mass is 247 g/mol. The summed E-state index contributed by atoms with van der Waals surface area (Å²) in [5.74, 6) is -0.226. The van der Waals surface area contributed by atoms with Crippen molar-refractivity contribution < 1.29 is 4.39 Å². The number of rotatable bonds is 4. The van der Waals surface area contributed by atoms with E-state index in [9.17, 15) is 9.65 Å². The summed E-state index contributed by atoms with van der Waals surface area (Å²) in [6.45, 7) is 1.62. The zero-order chi connectivity index (χ0) is 13.2. The van der Waals surface area contributed by atoms with Gasteiger partial charge in [-0.25, -0.2) is 4.39 Å². The van der Waals surface area contributed by atoms with Crippen LogP contribution in [0.2, 0.25) is 0 Å². The summed E-state index contributed by atoms with van der Waals surface area (Å²) >= 11 is 0. The lowest BCUT2D eigenvalue weighted by Crippen LogP contribution is -2.42. The van der Waals surface area contributed by atoms with Gasteiger partial charge >= 0.3 is 0 Å². The molecule has 0 saturated heterocycles. The van der Waals surface area contributed by atoms with E-state index in [4.69, 9.17) is 0 Å². The van der Waals surface area contributed by atoms with E-state index in [2.05, 4.69) is 16.3 Å². The molecule has 1 unspecified atom stereocenters. The van der Waals surface area contributed by atoms with E-state index in [0.717, 1.165) is 37.1 Å². The van der Waals surface area contributed by atoms with Crippen molar-refractivity contribution in [2.75, 3.05) is 27.2 Å². The van der Waals surface area contributed by atoms with Gasteiger partial charge in [-0.05, 0) is 50.2 Å². The maximum atomic E-state index is 13.2.